The quantitative estimate of drug-likeness (QED) is 0.173. The minimum atomic E-state index is -0.644. The van der Waals surface area contributed by atoms with E-state index < -0.39 is 5.41 Å². The van der Waals surface area contributed by atoms with Crippen LogP contribution in [0.5, 0.6) is 0 Å². The van der Waals surface area contributed by atoms with E-state index in [0.29, 0.717) is 0 Å². The van der Waals surface area contributed by atoms with Crippen LogP contribution in [0.4, 0.5) is 0 Å². The Hall–Kier alpha value is -7.22. The fourth-order valence-electron chi connectivity index (χ4n) is 12.2. The third-order valence-electron chi connectivity index (χ3n) is 15.0. The second-order valence-electron chi connectivity index (χ2n) is 18.7. The van der Waals surface area contributed by atoms with Crippen molar-refractivity contribution in [1.82, 2.24) is 0 Å². The maximum absolute atomic E-state index is 6.60. The van der Waals surface area contributed by atoms with E-state index >= 15 is 0 Å². The van der Waals surface area contributed by atoms with Crippen molar-refractivity contribution in [3.8, 4) is 55.6 Å². The summed E-state index contributed by atoms with van der Waals surface area (Å²) < 4.78 is 6.60. The Labute approximate surface area is 363 Å². The molecule has 1 aromatic heterocycles. The second-order valence-corrected chi connectivity index (χ2v) is 18.7. The Balaban J connectivity index is 1.11. The van der Waals surface area contributed by atoms with Crippen LogP contribution >= 0.6 is 0 Å². The Bertz CT molecular complexity index is 3380. The molecule has 9 aromatic carbocycles. The van der Waals surface area contributed by atoms with Crippen molar-refractivity contribution in [3.05, 3.63) is 239 Å². The zero-order valence-corrected chi connectivity index (χ0v) is 35.4. The number of fused-ring (bicyclic) bond motifs is 13. The summed E-state index contributed by atoms with van der Waals surface area (Å²) in [6.07, 6.45) is 0. The molecule has 0 radical (unpaired) electrons. The zero-order valence-electron chi connectivity index (χ0n) is 35.4. The first-order valence-corrected chi connectivity index (χ1v) is 22.0. The van der Waals surface area contributed by atoms with Crippen LogP contribution in [0.2, 0.25) is 0 Å². The van der Waals surface area contributed by atoms with Gasteiger partial charge in [-0.25, -0.2) is 0 Å². The highest BCUT2D eigenvalue weighted by Crippen LogP contribution is 2.60. The average Bonchev–Trinajstić information content (AvgIpc) is 3.99. The van der Waals surface area contributed by atoms with Crippen LogP contribution in [0.25, 0.3) is 77.6 Å². The molecule has 0 fully saturated rings. The van der Waals surface area contributed by atoms with Crippen LogP contribution in [0.1, 0.15) is 72.2 Å². The molecule has 0 atom stereocenters. The van der Waals surface area contributed by atoms with Crippen molar-refractivity contribution in [3.63, 3.8) is 0 Å². The third kappa shape index (κ3) is 4.48. The first-order chi connectivity index (χ1) is 30.3. The first kappa shape index (κ1) is 35.5. The molecule has 13 rings (SSSR count). The van der Waals surface area contributed by atoms with E-state index in [0.717, 1.165) is 16.6 Å². The van der Waals surface area contributed by atoms with Gasteiger partial charge < -0.3 is 4.42 Å². The molecule has 0 amide bonds. The molecule has 0 unspecified atom stereocenters. The normalized spacial score (nSPS) is 15.5. The van der Waals surface area contributed by atoms with Gasteiger partial charge in [0, 0.05) is 21.6 Å². The van der Waals surface area contributed by atoms with Crippen LogP contribution in [0, 0.1) is 0 Å². The van der Waals surface area contributed by atoms with Crippen molar-refractivity contribution in [1.29, 1.82) is 0 Å². The average molecular weight is 793 g/mol. The molecule has 294 valence electrons. The number of hydrogen-bond acceptors (Lipinski definition) is 1. The lowest BCUT2D eigenvalue weighted by atomic mass is 9.66. The molecule has 3 aliphatic rings. The topological polar surface area (TPSA) is 13.1 Å². The van der Waals surface area contributed by atoms with E-state index in [2.05, 4.69) is 222 Å². The Kier molecular flexibility index (Phi) is 7.12. The molecule has 0 spiro atoms. The molecule has 0 saturated heterocycles. The lowest BCUT2D eigenvalue weighted by Crippen LogP contribution is -2.28. The number of para-hydroxylation sites is 1. The fraction of sp³-hybridized carbons (Fsp3) is 0.115. The smallest absolute Gasteiger partial charge is 0.136 e. The molecule has 0 aliphatic heterocycles. The molecular weight excluding hydrogens is 749 g/mol. The minimum Gasteiger partial charge on any atom is -0.456 e. The van der Waals surface area contributed by atoms with E-state index in [4.69, 9.17) is 4.42 Å². The largest absolute Gasteiger partial charge is 0.456 e. The third-order valence-corrected chi connectivity index (χ3v) is 15.0. The van der Waals surface area contributed by atoms with E-state index in [1.165, 1.54) is 106 Å². The summed E-state index contributed by atoms with van der Waals surface area (Å²) >= 11 is 0. The van der Waals surface area contributed by atoms with Crippen molar-refractivity contribution < 1.29 is 4.42 Å². The molecular formula is C61H44O. The standard InChI is InChI=1S/C61H44O/c1-59(2)47-27-9-5-21-43(47)55-41(25-15-30-50(55)59)37-17-13-19-39(35-37)61(49-29-11-7-23-45(49)57-52(61)33-34-54-58(57)46-24-8-12-32-53(46)62-54)40-20-14-18-38(36-40)42-26-16-31-51-56(42)44-22-6-10-28-48(44)60(51,3)4/h5-36H,1-4H3. The zero-order chi connectivity index (χ0) is 41.5. The summed E-state index contributed by atoms with van der Waals surface area (Å²) in [5, 5.41) is 2.33. The molecule has 0 N–H and O–H groups in total. The van der Waals surface area contributed by atoms with Crippen LogP contribution in [-0.4, -0.2) is 0 Å². The van der Waals surface area contributed by atoms with Crippen LogP contribution in [-0.2, 0) is 16.2 Å². The number of furan rings is 1. The molecule has 1 nitrogen and oxygen atoms in total. The van der Waals surface area contributed by atoms with Gasteiger partial charge in [-0.3, -0.25) is 0 Å². The van der Waals surface area contributed by atoms with E-state index in [9.17, 15) is 0 Å². The molecule has 1 heteroatoms. The monoisotopic (exact) mass is 792 g/mol. The van der Waals surface area contributed by atoms with Gasteiger partial charge >= 0.3 is 0 Å². The summed E-state index contributed by atoms with van der Waals surface area (Å²) in [4.78, 5) is 0. The molecule has 10 aromatic rings. The maximum Gasteiger partial charge on any atom is 0.136 e. The van der Waals surface area contributed by atoms with Crippen LogP contribution in [0.15, 0.2) is 199 Å². The Morgan fingerprint density at radius 2 is 0.774 bits per heavy atom. The Morgan fingerprint density at radius 3 is 1.35 bits per heavy atom. The molecule has 3 aliphatic carbocycles. The summed E-state index contributed by atoms with van der Waals surface area (Å²) in [7, 11) is 0. The highest BCUT2D eigenvalue weighted by Gasteiger charge is 2.48. The SMILES string of the molecule is CC1(C)c2ccccc2-c2c(-c3cccc(C4(c5cccc(-c6cccc7c6-c6ccccc6C7(C)C)c5)c5ccccc5-c5c4ccc4oc6ccccc6c54)c3)cccc21. The van der Waals surface area contributed by atoms with Crippen LogP contribution < -0.4 is 0 Å². The molecule has 62 heavy (non-hydrogen) atoms. The number of benzene rings is 9. The van der Waals surface area contributed by atoms with Gasteiger partial charge in [0.2, 0.25) is 0 Å². The summed E-state index contributed by atoms with van der Waals surface area (Å²) in [6.45, 7) is 9.48. The van der Waals surface area contributed by atoms with Gasteiger partial charge in [-0.15, -0.1) is 0 Å². The minimum absolute atomic E-state index is 0.0867. The lowest BCUT2D eigenvalue weighted by Gasteiger charge is -2.34. The predicted octanol–water partition coefficient (Wildman–Crippen LogP) is 15.9. The summed E-state index contributed by atoms with van der Waals surface area (Å²) in [6, 6.07) is 73.0. The predicted molar refractivity (Wildman–Crippen MR) is 257 cm³/mol. The second kappa shape index (κ2) is 12.4. The van der Waals surface area contributed by atoms with Crippen LogP contribution in [0.3, 0.4) is 0 Å². The summed E-state index contributed by atoms with van der Waals surface area (Å²) in [5.41, 5.74) is 24.5. The fourth-order valence-corrected chi connectivity index (χ4v) is 12.2. The number of hydrogen-bond donors (Lipinski definition) is 0. The highest BCUT2D eigenvalue weighted by molar-refractivity contribution is 6.15. The van der Waals surface area contributed by atoms with E-state index in [-0.39, 0.29) is 10.8 Å². The van der Waals surface area contributed by atoms with Crippen molar-refractivity contribution in [2.24, 2.45) is 0 Å². The van der Waals surface area contributed by atoms with Gasteiger partial charge in [0.15, 0.2) is 0 Å². The molecule has 1 heterocycles. The van der Waals surface area contributed by atoms with Gasteiger partial charge in [0.1, 0.15) is 11.2 Å². The molecule has 0 saturated carbocycles. The van der Waals surface area contributed by atoms with Crippen molar-refractivity contribution in [2.75, 3.05) is 0 Å². The van der Waals surface area contributed by atoms with E-state index in [1.54, 1.807) is 0 Å². The summed E-state index contributed by atoms with van der Waals surface area (Å²) in [5.74, 6) is 0. The van der Waals surface area contributed by atoms with E-state index in [1.807, 2.05) is 0 Å². The Morgan fingerprint density at radius 1 is 0.323 bits per heavy atom. The van der Waals surface area contributed by atoms with Gasteiger partial charge in [-0.1, -0.05) is 198 Å². The first-order valence-electron chi connectivity index (χ1n) is 22.0. The maximum atomic E-state index is 6.60. The highest BCUT2D eigenvalue weighted by atomic mass is 16.3. The van der Waals surface area contributed by atoms with Crippen molar-refractivity contribution in [2.45, 2.75) is 43.9 Å². The number of rotatable bonds is 4. The van der Waals surface area contributed by atoms with Gasteiger partial charge in [-0.05, 0) is 124 Å². The van der Waals surface area contributed by atoms with Crippen molar-refractivity contribution >= 4 is 21.9 Å². The lowest BCUT2D eigenvalue weighted by molar-refractivity contribution is 0.660. The van der Waals surface area contributed by atoms with Gasteiger partial charge in [0.05, 0.1) is 5.41 Å². The van der Waals surface area contributed by atoms with Gasteiger partial charge in [0.25, 0.3) is 0 Å². The molecule has 0 bridgehead atoms. The van der Waals surface area contributed by atoms with Gasteiger partial charge in [-0.2, -0.15) is 0 Å².